The van der Waals surface area contributed by atoms with Crippen LogP contribution in [0.4, 0.5) is 10.1 Å². The van der Waals surface area contributed by atoms with E-state index in [1.54, 1.807) is 13.2 Å². The SMILES string of the molecule is COc1ccc(NCc2ccc(F)cc2Br)c(C)c1. The van der Waals surface area contributed by atoms with Crippen LogP contribution in [-0.4, -0.2) is 7.11 Å². The molecule has 0 radical (unpaired) electrons. The number of aryl methyl sites for hydroxylation is 1. The lowest BCUT2D eigenvalue weighted by Gasteiger charge is -2.12. The maximum absolute atomic E-state index is 13.0. The van der Waals surface area contributed by atoms with Gasteiger partial charge in [-0.3, -0.25) is 0 Å². The van der Waals surface area contributed by atoms with E-state index in [1.807, 2.05) is 25.1 Å². The van der Waals surface area contributed by atoms with Gasteiger partial charge in [-0.25, -0.2) is 4.39 Å². The van der Waals surface area contributed by atoms with Gasteiger partial charge in [0, 0.05) is 16.7 Å². The highest BCUT2D eigenvalue weighted by Crippen LogP contribution is 2.23. The summed E-state index contributed by atoms with van der Waals surface area (Å²) in [6.45, 7) is 2.65. The standard InChI is InChI=1S/C15H15BrFNO/c1-10-7-13(19-2)5-6-15(10)18-9-11-3-4-12(17)8-14(11)16/h3-8,18H,9H2,1-2H3. The van der Waals surface area contributed by atoms with Crippen LogP contribution < -0.4 is 10.1 Å². The van der Waals surface area contributed by atoms with E-state index in [-0.39, 0.29) is 5.82 Å². The molecule has 0 atom stereocenters. The largest absolute Gasteiger partial charge is 0.497 e. The van der Waals surface area contributed by atoms with Crippen molar-refractivity contribution in [2.45, 2.75) is 13.5 Å². The lowest BCUT2D eigenvalue weighted by Crippen LogP contribution is -2.02. The summed E-state index contributed by atoms with van der Waals surface area (Å²) >= 11 is 3.36. The van der Waals surface area contributed by atoms with Crippen molar-refractivity contribution in [2.24, 2.45) is 0 Å². The first-order chi connectivity index (χ1) is 9.10. The molecular weight excluding hydrogens is 309 g/mol. The van der Waals surface area contributed by atoms with Gasteiger partial charge in [0.15, 0.2) is 0 Å². The number of ether oxygens (including phenoxy) is 1. The van der Waals surface area contributed by atoms with Crippen LogP contribution in [-0.2, 0) is 6.54 Å². The van der Waals surface area contributed by atoms with E-state index in [1.165, 1.54) is 12.1 Å². The molecule has 2 nitrogen and oxygen atoms in total. The minimum absolute atomic E-state index is 0.240. The van der Waals surface area contributed by atoms with Gasteiger partial charge in [-0.05, 0) is 48.4 Å². The summed E-state index contributed by atoms with van der Waals surface area (Å²) in [5.74, 6) is 0.599. The number of methoxy groups -OCH3 is 1. The topological polar surface area (TPSA) is 21.3 Å². The Bertz CT molecular complexity index is 586. The van der Waals surface area contributed by atoms with Crippen LogP contribution in [0.1, 0.15) is 11.1 Å². The number of halogens is 2. The Morgan fingerprint density at radius 2 is 2.00 bits per heavy atom. The smallest absolute Gasteiger partial charge is 0.124 e. The number of hydrogen-bond donors (Lipinski definition) is 1. The number of anilines is 1. The van der Waals surface area contributed by atoms with Crippen molar-refractivity contribution in [3.05, 3.63) is 57.8 Å². The molecule has 0 heterocycles. The monoisotopic (exact) mass is 323 g/mol. The normalized spacial score (nSPS) is 10.3. The van der Waals surface area contributed by atoms with Crippen molar-refractivity contribution in [1.29, 1.82) is 0 Å². The van der Waals surface area contributed by atoms with Gasteiger partial charge >= 0.3 is 0 Å². The van der Waals surface area contributed by atoms with Crippen LogP contribution >= 0.6 is 15.9 Å². The Hall–Kier alpha value is -1.55. The molecule has 19 heavy (non-hydrogen) atoms. The van der Waals surface area contributed by atoms with E-state index in [4.69, 9.17) is 4.74 Å². The zero-order valence-corrected chi connectivity index (χ0v) is 12.4. The van der Waals surface area contributed by atoms with Crippen LogP contribution in [0.3, 0.4) is 0 Å². The number of rotatable bonds is 4. The first-order valence-corrected chi connectivity index (χ1v) is 6.72. The lowest BCUT2D eigenvalue weighted by atomic mass is 10.1. The Morgan fingerprint density at radius 1 is 1.21 bits per heavy atom. The molecule has 0 fully saturated rings. The quantitative estimate of drug-likeness (QED) is 0.893. The molecule has 2 rings (SSSR count). The zero-order chi connectivity index (χ0) is 13.8. The predicted octanol–water partition coefficient (Wildman–Crippen LogP) is 4.52. The fourth-order valence-electron chi connectivity index (χ4n) is 1.82. The lowest BCUT2D eigenvalue weighted by molar-refractivity contribution is 0.414. The predicted molar refractivity (Wildman–Crippen MR) is 79.2 cm³/mol. The Balaban J connectivity index is 2.10. The molecule has 0 bridgehead atoms. The van der Waals surface area contributed by atoms with E-state index >= 15 is 0 Å². The highest BCUT2D eigenvalue weighted by molar-refractivity contribution is 9.10. The maximum atomic E-state index is 13.0. The van der Waals surface area contributed by atoms with Crippen molar-refractivity contribution < 1.29 is 9.13 Å². The maximum Gasteiger partial charge on any atom is 0.124 e. The molecule has 2 aromatic carbocycles. The highest BCUT2D eigenvalue weighted by atomic mass is 79.9. The average molecular weight is 324 g/mol. The van der Waals surface area contributed by atoms with E-state index in [0.717, 1.165) is 27.0 Å². The van der Waals surface area contributed by atoms with Crippen LogP contribution in [0.15, 0.2) is 40.9 Å². The van der Waals surface area contributed by atoms with E-state index < -0.39 is 0 Å². The molecule has 4 heteroatoms. The van der Waals surface area contributed by atoms with Crippen molar-refractivity contribution in [2.75, 3.05) is 12.4 Å². The summed E-state index contributed by atoms with van der Waals surface area (Å²) in [5.41, 5.74) is 3.16. The van der Waals surface area contributed by atoms with Gasteiger partial charge < -0.3 is 10.1 Å². The summed E-state index contributed by atoms with van der Waals surface area (Å²) in [6, 6.07) is 10.6. The van der Waals surface area contributed by atoms with Crippen LogP contribution in [0, 0.1) is 12.7 Å². The highest BCUT2D eigenvalue weighted by Gasteiger charge is 2.04. The second-order valence-electron chi connectivity index (χ2n) is 4.27. The second-order valence-corrected chi connectivity index (χ2v) is 5.12. The van der Waals surface area contributed by atoms with Gasteiger partial charge in [0.05, 0.1) is 7.11 Å². The van der Waals surface area contributed by atoms with Crippen molar-refractivity contribution >= 4 is 21.6 Å². The summed E-state index contributed by atoms with van der Waals surface area (Å²) in [6.07, 6.45) is 0. The van der Waals surface area contributed by atoms with E-state index in [2.05, 4.69) is 21.2 Å². The number of nitrogens with one attached hydrogen (secondary N) is 1. The third kappa shape index (κ3) is 3.47. The van der Waals surface area contributed by atoms with Gasteiger partial charge in [0.2, 0.25) is 0 Å². The molecule has 0 saturated heterocycles. The second kappa shape index (κ2) is 6.06. The van der Waals surface area contributed by atoms with Crippen molar-refractivity contribution in [3.63, 3.8) is 0 Å². The van der Waals surface area contributed by atoms with E-state index in [9.17, 15) is 4.39 Å². The zero-order valence-electron chi connectivity index (χ0n) is 10.8. The molecule has 0 amide bonds. The summed E-state index contributed by atoms with van der Waals surface area (Å²) < 4.78 is 18.9. The first-order valence-electron chi connectivity index (χ1n) is 5.92. The average Bonchev–Trinajstić information content (AvgIpc) is 2.39. The van der Waals surface area contributed by atoms with Crippen LogP contribution in [0.25, 0.3) is 0 Å². The van der Waals surface area contributed by atoms with Crippen molar-refractivity contribution in [3.8, 4) is 5.75 Å². The molecule has 2 aromatic rings. The Labute approximate surface area is 120 Å². The molecule has 0 aliphatic carbocycles. The molecule has 1 N–H and O–H groups in total. The number of benzene rings is 2. The van der Waals surface area contributed by atoms with Crippen LogP contribution in [0.5, 0.6) is 5.75 Å². The molecule has 0 aliphatic heterocycles. The fourth-order valence-corrected chi connectivity index (χ4v) is 2.31. The molecule has 0 unspecified atom stereocenters. The molecule has 100 valence electrons. The molecule has 0 saturated carbocycles. The van der Waals surface area contributed by atoms with Gasteiger partial charge in [0.1, 0.15) is 11.6 Å². The molecule has 0 aliphatic rings. The molecule has 0 spiro atoms. The summed E-state index contributed by atoms with van der Waals surface area (Å²) in [4.78, 5) is 0. The minimum Gasteiger partial charge on any atom is -0.497 e. The van der Waals surface area contributed by atoms with Crippen molar-refractivity contribution in [1.82, 2.24) is 0 Å². The van der Waals surface area contributed by atoms with E-state index in [0.29, 0.717) is 6.54 Å². The van der Waals surface area contributed by atoms with Gasteiger partial charge in [-0.15, -0.1) is 0 Å². The Kier molecular flexibility index (Phi) is 4.43. The van der Waals surface area contributed by atoms with Gasteiger partial charge in [0.25, 0.3) is 0 Å². The summed E-state index contributed by atoms with van der Waals surface area (Å²) in [7, 11) is 1.65. The Morgan fingerprint density at radius 3 is 2.63 bits per heavy atom. The summed E-state index contributed by atoms with van der Waals surface area (Å²) in [5, 5.41) is 3.33. The fraction of sp³-hybridized carbons (Fsp3) is 0.200. The molecular formula is C15H15BrFNO. The van der Waals surface area contributed by atoms with Crippen LogP contribution in [0.2, 0.25) is 0 Å². The first kappa shape index (κ1) is 13.9. The third-order valence-corrected chi connectivity index (χ3v) is 3.66. The minimum atomic E-state index is -0.240. The number of hydrogen-bond acceptors (Lipinski definition) is 2. The van der Waals surface area contributed by atoms with Gasteiger partial charge in [-0.2, -0.15) is 0 Å². The molecule has 0 aromatic heterocycles. The van der Waals surface area contributed by atoms with Gasteiger partial charge in [-0.1, -0.05) is 22.0 Å². The third-order valence-electron chi connectivity index (χ3n) is 2.92.